The lowest BCUT2D eigenvalue weighted by Gasteiger charge is -2.04. The average molecular weight is 197 g/mol. The lowest BCUT2D eigenvalue weighted by Crippen LogP contribution is -2.31. The monoisotopic (exact) mass is 197 g/mol. The summed E-state index contributed by atoms with van der Waals surface area (Å²) in [5, 5.41) is 9.52. The molecule has 1 heterocycles. The third kappa shape index (κ3) is 2.81. The minimum absolute atomic E-state index is 0.0347. The minimum Gasteiger partial charge on any atom is -0.358 e. The summed E-state index contributed by atoms with van der Waals surface area (Å²) in [4.78, 5) is 14.9. The molecule has 0 aliphatic heterocycles. The van der Waals surface area contributed by atoms with Crippen LogP contribution in [0.15, 0.2) is 6.33 Å². The van der Waals surface area contributed by atoms with E-state index in [0.717, 1.165) is 12.4 Å². The maximum Gasteiger partial charge on any atom is 0.233 e. The van der Waals surface area contributed by atoms with Crippen molar-refractivity contribution in [3.05, 3.63) is 12.2 Å². The molecule has 0 saturated heterocycles. The van der Waals surface area contributed by atoms with Crippen molar-refractivity contribution in [2.24, 2.45) is 0 Å². The van der Waals surface area contributed by atoms with Crippen LogP contribution < -0.4 is 10.6 Å². The summed E-state index contributed by atoms with van der Waals surface area (Å²) in [5.41, 5.74) is 0. The van der Waals surface area contributed by atoms with E-state index in [1.54, 1.807) is 11.7 Å². The van der Waals surface area contributed by atoms with Gasteiger partial charge in [-0.2, -0.15) is 5.10 Å². The first-order valence-electron chi connectivity index (χ1n) is 4.56. The van der Waals surface area contributed by atoms with Crippen LogP contribution in [0.3, 0.4) is 0 Å². The van der Waals surface area contributed by atoms with E-state index in [0.29, 0.717) is 13.1 Å². The highest BCUT2D eigenvalue weighted by Gasteiger charge is 2.02. The van der Waals surface area contributed by atoms with Crippen LogP contribution in [-0.2, 0) is 17.9 Å². The van der Waals surface area contributed by atoms with Gasteiger partial charge in [-0.25, -0.2) is 9.67 Å². The van der Waals surface area contributed by atoms with Crippen molar-refractivity contribution in [3.8, 4) is 0 Å². The largest absolute Gasteiger partial charge is 0.358 e. The number of rotatable bonds is 5. The molecule has 0 spiro atoms. The van der Waals surface area contributed by atoms with E-state index < -0.39 is 0 Å². The number of aryl methyl sites for hydroxylation is 1. The smallest absolute Gasteiger partial charge is 0.233 e. The van der Waals surface area contributed by atoms with Crippen molar-refractivity contribution < 1.29 is 4.79 Å². The molecule has 0 bridgehead atoms. The van der Waals surface area contributed by atoms with Crippen LogP contribution in [0.2, 0.25) is 0 Å². The number of carbonyl (C=O) groups is 1. The van der Waals surface area contributed by atoms with E-state index in [1.165, 1.54) is 6.33 Å². The highest BCUT2D eigenvalue weighted by molar-refractivity contribution is 5.77. The summed E-state index contributed by atoms with van der Waals surface area (Å²) in [6, 6.07) is 0. The Balaban J connectivity index is 2.34. The Morgan fingerprint density at radius 2 is 2.43 bits per heavy atom. The Hall–Kier alpha value is -1.43. The van der Waals surface area contributed by atoms with Gasteiger partial charge in [-0.15, -0.1) is 0 Å². The molecule has 78 valence electrons. The van der Waals surface area contributed by atoms with Gasteiger partial charge < -0.3 is 10.6 Å². The Bertz CT molecular complexity index is 296. The van der Waals surface area contributed by atoms with Gasteiger partial charge >= 0.3 is 0 Å². The van der Waals surface area contributed by atoms with Gasteiger partial charge in [0.05, 0.1) is 13.1 Å². The molecule has 0 aliphatic carbocycles. The Kier molecular flexibility index (Phi) is 4.06. The van der Waals surface area contributed by atoms with Gasteiger partial charge in [0.25, 0.3) is 0 Å². The van der Waals surface area contributed by atoms with E-state index >= 15 is 0 Å². The van der Waals surface area contributed by atoms with Crippen molar-refractivity contribution in [2.75, 3.05) is 13.6 Å². The van der Waals surface area contributed by atoms with E-state index in [-0.39, 0.29) is 5.91 Å². The molecule has 6 nitrogen and oxygen atoms in total. The Morgan fingerprint density at radius 3 is 3.07 bits per heavy atom. The number of aromatic nitrogens is 3. The first kappa shape index (κ1) is 10.6. The van der Waals surface area contributed by atoms with Gasteiger partial charge in [0.1, 0.15) is 12.2 Å². The molecule has 1 amide bonds. The molecular formula is C8H15N5O. The van der Waals surface area contributed by atoms with E-state index in [9.17, 15) is 4.79 Å². The molecule has 0 saturated carbocycles. The molecule has 0 fully saturated rings. The number of amides is 1. The maximum absolute atomic E-state index is 10.9. The first-order chi connectivity index (χ1) is 6.77. The van der Waals surface area contributed by atoms with Crippen LogP contribution in [0, 0.1) is 0 Å². The van der Waals surface area contributed by atoms with Gasteiger partial charge in [-0.05, 0) is 6.92 Å². The van der Waals surface area contributed by atoms with Crippen LogP contribution in [-0.4, -0.2) is 34.3 Å². The molecule has 0 aromatic carbocycles. The van der Waals surface area contributed by atoms with Crippen LogP contribution in [0.25, 0.3) is 0 Å². The molecule has 0 radical (unpaired) electrons. The molecule has 1 rings (SSSR count). The zero-order valence-electron chi connectivity index (χ0n) is 8.45. The second kappa shape index (κ2) is 5.33. The second-order valence-electron chi connectivity index (χ2n) is 2.77. The quantitative estimate of drug-likeness (QED) is 0.644. The van der Waals surface area contributed by atoms with Gasteiger partial charge in [0.2, 0.25) is 5.91 Å². The van der Waals surface area contributed by atoms with Crippen molar-refractivity contribution in [3.63, 3.8) is 0 Å². The van der Waals surface area contributed by atoms with E-state index in [4.69, 9.17) is 0 Å². The SMILES string of the molecule is CCn1ncnc1CNCC(=O)NC. The minimum atomic E-state index is -0.0347. The molecule has 0 unspecified atom stereocenters. The molecule has 0 aliphatic rings. The van der Waals surface area contributed by atoms with Crippen LogP contribution in [0.1, 0.15) is 12.7 Å². The van der Waals surface area contributed by atoms with Gasteiger partial charge in [0, 0.05) is 13.6 Å². The molecule has 1 aromatic rings. The van der Waals surface area contributed by atoms with Crippen molar-refractivity contribution in [2.45, 2.75) is 20.0 Å². The predicted octanol–water partition coefficient (Wildman–Crippen LogP) is -0.866. The number of carbonyl (C=O) groups excluding carboxylic acids is 1. The summed E-state index contributed by atoms with van der Waals surface area (Å²) in [7, 11) is 1.61. The summed E-state index contributed by atoms with van der Waals surface area (Å²) in [6.07, 6.45) is 1.51. The van der Waals surface area contributed by atoms with Crippen LogP contribution in [0.5, 0.6) is 0 Å². The molecule has 0 atom stereocenters. The third-order valence-corrected chi connectivity index (χ3v) is 1.84. The maximum atomic E-state index is 10.9. The lowest BCUT2D eigenvalue weighted by atomic mass is 10.5. The highest BCUT2D eigenvalue weighted by atomic mass is 16.1. The Morgan fingerprint density at radius 1 is 1.64 bits per heavy atom. The summed E-state index contributed by atoms with van der Waals surface area (Å²) in [6.45, 7) is 3.64. The van der Waals surface area contributed by atoms with Crippen molar-refractivity contribution in [1.82, 2.24) is 25.4 Å². The van der Waals surface area contributed by atoms with Crippen molar-refractivity contribution in [1.29, 1.82) is 0 Å². The van der Waals surface area contributed by atoms with E-state index in [2.05, 4.69) is 20.7 Å². The fourth-order valence-electron chi connectivity index (χ4n) is 1.07. The average Bonchev–Trinajstić information content (AvgIpc) is 2.65. The molecule has 2 N–H and O–H groups in total. The number of likely N-dealkylation sites (N-methyl/N-ethyl adjacent to an activating group) is 1. The molecular weight excluding hydrogens is 182 g/mol. The van der Waals surface area contributed by atoms with Crippen molar-refractivity contribution >= 4 is 5.91 Å². The number of nitrogens with one attached hydrogen (secondary N) is 2. The second-order valence-corrected chi connectivity index (χ2v) is 2.77. The molecule has 6 heteroatoms. The number of nitrogens with zero attached hydrogens (tertiary/aromatic N) is 3. The number of hydrogen-bond donors (Lipinski definition) is 2. The molecule has 1 aromatic heterocycles. The summed E-state index contributed by atoms with van der Waals surface area (Å²) in [5.74, 6) is 0.809. The zero-order chi connectivity index (χ0) is 10.4. The summed E-state index contributed by atoms with van der Waals surface area (Å²) >= 11 is 0. The van der Waals surface area contributed by atoms with Crippen LogP contribution in [0.4, 0.5) is 0 Å². The third-order valence-electron chi connectivity index (χ3n) is 1.84. The lowest BCUT2D eigenvalue weighted by molar-refractivity contribution is -0.119. The number of hydrogen-bond acceptors (Lipinski definition) is 4. The van der Waals surface area contributed by atoms with Crippen LogP contribution >= 0.6 is 0 Å². The highest BCUT2D eigenvalue weighted by Crippen LogP contribution is 1.91. The summed E-state index contributed by atoms with van der Waals surface area (Å²) < 4.78 is 1.79. The Labute approximate surface area is 82.7 Å². The predicted molar refractivity (Wildman–Crippen MR) is 51.5 cm³/mol. The normalized spacial score (nSPS) is 10.1. The van der Waals surface area contributed by atoms with Gasteiger partial charge in [-0.1, -0.05) is 0 Å². The first-order valence-corrected chi connectivity index (χ1v) is 4.56. The topological polar surface area (TPSA) is 71.8 Å². The van der Waals surface area contributed by atoms with E-state index in [1.807, 2.05) is 6.92 Å². The fraction of sp³-hybridized carbons (Fsp3) is 0.625. The van der Waals surface area contributed by atoms with Gasteiger partial charge in [0.15, 0.2) is 0 Å². The standard InChI is InChI=1S/C8H15N5O/c1-3-13-7(11-6-12-13)4-10-5-8(14)9-2/h6,10H,3-5H2,1-2H3,(H,9,14). The fourth-order valence-corrected chi connectivity index (χ4v) is 1.07. The zero-order valence-corrected chi connectivity index (χ0v) is 8.45. The molecule has 14 heavy (non-hydrogen) atoms. The van der Waals surface area contributed by atoms with Gasteiger partial charge in [-0.3, -0.25) is 4.79 Å².